The first-order valence-corrected chi connectivity index (χ1v) is 7.71. The Balaban J connectivity index is 0.00000242. The fourth-order valence-electron chi connectivity index (χ4n) is 1.99. The van der Waals surface area contributed by atoms with Crippen LogP contribution in [0, 0.1) is 0 Å². The molecule has 1 atom stereocenters. The van der Waals surface area contributed by atoms with Gasteiger partial charge < -0.3 is 10.3 Å². The maximum Gasteiger partial charge on any atom is 0.243 e. The summed E-state index contributed by atoms with van der Waals surface area (Å²) in [5.74, 6) is 0.328. The van der Waals surface area contributed by atoms with Crippen LogP contribution in [0.1, 0.15) is 25.3 Å². The molecule has 1 amide bonds. The predicted molar refractivity (Wildman–Crippen MR) is 94.2 cm³/mol. The van der Waals surface area contributed by atoms with E-state index in [4.69, 9.17) is 5.73 Å². The highest BCUT2D eigenvalue weighted by Crippen LogP contribution is 2.14. The van der Waals surface area contributed by atoms with E-state index in [2.05, 4.69) is 26.2 Å². The number of nitrogens with two attached hydrogens (primary N) is 1. The van der Waals surface area contributed by atoms with Crippen LogP contribution in [0.15, 0.2) is 41.1 Å². The number of nitrogens with zero attached hydrogens (tertiary/aromatic N) is 2. The van der Waals surface area contributed by atoms with Crippen molar-refractivity contribution in [1.29, 1.82) is 0 Å². The Morgan fingerprint density at radius 1 is 1.41 bits per heavy atom. The molecule has 0 aliphatic rings. The van der Waals surface area contributed by atoms with E-state index in [1.165, 1.54) is 0 Å². The van der Waals surface area contributed by atoms with Gasteiger partial charge in [0.05, 0.1) is 12.6 Å². The molecule has 1 aromatic carbocycles. The Bertz CT molecular complexity index is 600. The molecule has 1 aromatic heterocycles. The molecule has 22 heavy (non-hydrogen) atoms. The lowest BCUT2D eigenvalue weighted by Crippen LogP contribution is -2.36. The normalized spacial score (nSPS) is 11.6. The minimum Gasteiger partial charge on any atom is -0.320 e. The van der Waals surface area contributed by atoms with Crippen LogP contribution in [0.2, 0.25) is 0 Å². The summed E-state index contributed by atoms with van der Waals surface area (Å²) in [4.78, 5) is 16.1. The minimum absolute atomic E-state index is 0. The molecule has 7 heteroatoms. The SMILES string of the molecule is CCCC(N)C(=O)Nc1nccn1Cc1ccc(Br)cc1.Cl. The first kappa shape index (κ1) is 18.7. The number of hydrogen-bond donors (Lipinski definition) is 2. The zero-order valence-electron chi connectivity index (χ0n) is 12.3. The van der Waals surface area contributed by atoms with Gasteiger partial charge in [0.15, 0.2) is 0 Å². The Labute approximate surface area is 144 Å². The molecule has 2 rings (SSSR count). The highest BCUT2D eigenvalue weighted by molar-refractivity contribution is 9.10. The fraction of sp³-hybridized carbons (Fsp3) is 0.333. The average molecular weight is 388 g/mol. The monoisotopic (exact) mass is 386 g/mol. The van der Waals surface area contributed by atoms with Crippen molar-refractivity contribution in [3.63, 3.8) is 0 Å². The molecule has 0 bridgehead atoms. The number of carbonyl (C=O) groups is 1. The third kappa shape index (κ3) is 5.12. The predicted octanol–water partition coefficient (Wildman–Crippen LogP) is 3.18. The number of benzene rings is 1. The van der Waals surface area contributed by atoms with Crippen LogP contribution in [-0.2, 0) is 11.3 Å². The number of rotatable bonds is 6. The molecule has 0 saturated carbocycles. The summed E-state index contributed by atoms with van der Waals surface area (Å²) >= 11 is 3.41. The van der Waals surface area contributed by atoms with Gasteiger partial charge in [0.1, 0.15) is 0 Å². The summed E-state index contributed by atoms with van der Waals surface area (Å²) in [6.07, 6.45) is 5.05. The molecule has 1 heterocycles. The van der Waals surface area contributed by atoms with E-state index >= 15 is 0 Å². The fourth-order valence-corrected chi connectivity index (χ4v) is 2.26. The van der Waals surface area contributed by atoms with Crippen LogP contribution >= 0.6 is 28.3 Å². The van der Waals surface area contributed by atoms with E-state index in [1.54, 1.807) is 6.20 Å². The van der Waals surface area contributed by atoms with Crippen molar-refractivity contribution in [2.45, 2.75) is 32.4 Å². The van der Waals surface area contributed by atoms with E-state index in [1.807, 2.05) is 42.0 Å². The number of imidazole rings is 1. The van der Waals surface area contributed by atoms with Gasteiger partial charge in [-0.1, -0.05) is 41.4 Å². The summed E-state index contributed by atoms with van der Waals surface area (Å²) in [6.45, 7) is 2.65. The van der Waals surface area contributed by atoms with E-state index in [9.17, 15) is 4.79 Å². The number of carbonyl (C=O) groups excluding carboxylic acids is 1. The zero-order valence-corrected chi connectivity index (χ0v) is 14.7. The number of amides is 1. The lowest BCUT2D eigenvalue weighted by Gasteiger charge is -2.12. The Hall–Kier alpha value is -1.37. The second-order valence-corrected chi connectivity index (χ2v) is 5.81. The Morgan fingerprint density at radius 3 is 2.73 bits per heavy atom. The van der Waals surface area contributed by atoms with Crippen LogP contribution in [0.5, 0.6) is 0 Å². The second kappa shape index (κ2) is 8.92. The van der Waals surface area contributed by atoms with Crippen molar-refractivity contribution in [2.24, 2.45) is 5.73 Å². The van der Waals surface area contributed by atoms with Gasteiger partial charge in [0.25, 0.3) is 0 Å². The molecule has 0 radical (unpaired) electrons. The lowest BCUT2D eigenvalue weighted by atomic mass is 10.2. The molecule has 0 spiro atoms. The van der Waals surface area contributed by atoms with Crippen LogP contribution in [0.3, 0.4) is 0 Å². The standard InChI is InChI=1S/C15H19BrN4O.ClH/c1-2-3-13(17)14(21)19-15-18-8-9-20(15)10-11-4-6-12(16)7-5-11;/h4-9,13H,2-3,10,17H2,1H3,(H,18,19,21);1H. The maximum atomic E-state index is 12.0. The highest BCUT2D eigenvalue weighted by Gasteiger charge is 2.14. The van der Waals surface area contributed by atoms with Crippen molar-refractivity contribution in [2.75, 3.05) is 5.32 Å². The first-order valence-electron chi connectivity index (χ1n) is 6.92. The van der Waals surface area contributed by atoms with Crippen molar-refractivity contribution < 1.29 is 4.79 Å². The number of hydrogen-bond acceptors (Lipinski definition) is 3. The summed E-state index contributed by atoms with van der Waals surface area (Å²) < 4.78 is 2.93. The molecular formula is C15H20BrClN4O. The molecule has 0 aliphatic heterocycles. The van der Waals surface area contributed by atoms with Crippen molar-refractivity contribution in [3.8, 4) is 0 Å². The van der Waals surface area contributed by atoms with Crippen LogP contribution in [0.25, 0.3) is 0 Å². The van der Waals surface area contributed by atoms with Crippen molar-refractivity contribution >= 4 is 40.2 Å². The van der Waals surface area contributed by atoms with Gasteiger partial charge in [-0.3, -0.25) is 10.1 Å². The van der Waals surface area contributed by atoms with Crippen molar-refractivity contribution in [3.05, 3.63) is 46.7 Å². The van der Waals surface area contributed by atoms with E-state index in [0.29, 0.717) is 18.9 Å². The van der Waals surface area contributed by atoms with Gasteiger partial charge in [-0.05, 0) is 24.1 Å². The van der Waals surface area contributed by atoms with Gasteiger partial charge in [0.2, 0.25) is 11.9 Å². The summed E-state index contributed by atoms with van der Waals surface area (Å²) in [5.41, 5.74) is 6.94. The average Bonchev–Trinajstić information content (AvgIpc) is 2.89. The number of aromatic nitrogens is 2. The van der Waals surface area contributed by atoms with Crippen LogP contribution < -0.4 is 11.1 Å². The zero-order chi connectivity index (χ0) is 15.2. The molecule has 2 aromatic rings. The number of nitrogens with one attached hydrogen (secondary N) is 1. The molecule has 0 fully saturated rings. The van der Waals surface area contributed by atoms with Gasteiger partial charge in [-0.15, -0.1) is 12.4 Å². The van der Waals surface area contributed by atoms with Gasteiger partial charge >= 0.3 is 0 Å². The number of anilines is 1. The quantitative estimate of drug-likeness (QED) is 0.799. The molecule has 0 aliphatic carbocycles. The van der Waals surface area contributed by atoms with Crippen LogP contribution in [-0.4, -0.2) is 21.5 Å². The second-order valence-electron chi connectivity index (χ2n) is 4.89. The Morgan fingerprint density at radius 2 is 2.09 bits per heavy atom. The van der Waals surface area contributed by atoms with Gasteiger partial charge in [-0.2, -0.15) is 0 Å². The maximum absolute atomic E-state index is 12.0. The molecule has 120 valence electrons. The third-order valence-electron chi connectivity index (χ3n) is 3.15. The summed E-state index contributed by atoms with van der Waals surface area (Å²) in [7, 11) is 0. The van der Waals surface area contributed by atoms with E-state index < -0.39 is 6.04 Å². The molecule has 1 unspecified atom stereocenters. The lowest BCUT2D eigenvalue weighted by molar-refractivity contribution is -0.117. The van der Waals surface area contributed by atoms with Gasteiger partial charge in [-0.25, -0.2) is 4.98 Å². The van der Waals surface area contributed by atoms with Gasteiger partial charge in [0, 0.05) is 16.9 Å². The first-order chi connectivity index (χ1) is 10.1. The Kier molecular flexibility index (Phi) is 7.58. The molecular weight excluding hydrogens is 368 g/mol. The molecule has 3 N–H and O–H groups in total. The number of halogens is 2. The topological polar surface area (TPSA) is 72.9 Å². The molecule has 5 nitrogen and oxygen atoms in total. The highest BCUT2D eigenvalue weighted by atomic mass is 79.9. The minimum atomic E-state index is -0.493. The van der Waals surface area contributed by atoms with Crippen LogP contribution in [0.4, 0.5) is 5.95 Å². The van der Waals surface area contributed by atoms with Crippen molar-refractivity contribution in [1.82, 2.24) is 9.55 Å². The third-order valence-corrected chi connectivity index (χ3v) is 3.68. The summed E-state index contributed by atoms with van der Waals surface area (Å²) in [6, 6.07) is 7.54. The molecule has 0 saturated heterocycles. The smallest absolute Gasteiger partial charge is 0.243 e. The van der Waals surface area contributed by atoms with E-state index in [0.717, 1.165) is 16.5 Å². The summed E-state index contributed by atoms with van der Waals surface area (Å²) in [5, 5.41) is 2.79. The largest absolute Gasteiger partial charge is 0.320 e. The van der Waals surface area contributed by atoms with E-state index in [-0.39, 0.29) is 18.3 Å².